The second-order valence-electron chi connectivity index (χ2n) is 13.3. The van der Waals surface area contributed by atoms with Crippen molar-refractivity contribution >= 4 is 11.8 Å². The molecule has 5 rings (SSSR count). The molecule has 1 aliphatic heterocycles. The van der Waals surface area contributed by atoms with Gasteiger partial charge in [-0.05, 0) is 98.7 Å². The molecule has 0 aromatic heterocycles. The molecule has 204 valence electrons. The van der Waals surface area contributed by atoms with Gasteiger partial charge in [-0.15, -0.1) is 0 Å². The minimum atomic E-state index is -0.348. The van der Waals surface area contributed by atoms with E-state index >= 15 is 0 Å². The van der Waals surface area contributed by atoms with Crippen LogP contribution in [0.25, 0.3) is 0 Å². The zero-order valence-electron chi connectivity index (χ0n) is 22.9. The monoisotopic (exact) mass is 504 g/mol. The third kappa shape index (κ3) is 4.47. The maximum absolute atomic E-state index is 12.4. The number of ketones is 1. The number of carbonyl (C=O) groups is 2. The van der Waals surface area contributed by atoms with Gasteiger partial charge in [0.2, 0.25) is 0 Å². The Balaban J connectivity index is 1.46. The van der Waals surface area contributed by atoms with Crippen LogP contribution in [-0.2, 0) is 23.8 Å². The van der Waals surface area contributed by atoms with E-state index < -0.39 is 0 Å². The van der Waals surface area contributed by atoms with Gasteiger partial charge >= 0.3 is 5.97 Å². The minimum Gasteiger partial charge on any atom is -0.469 e. The zero-order chi connectivity index (χ0) is 25.7. The lowest BCUT2D eigenvalue weighted by molar-refractivity contribution is -0.264. The lowest BCUT2D eigenvalue weighted by Crippen LogP contribution is -2.63. The Bertz CT molecular complexity index is 822. The number of hydrogen-bond acceptors (Lipinski definition) is 6. The number of esters is 1. The number of aliphatic hydroxyl groups excluding tert-OH is 1. The van der Waals surface area contributed by atoms with Crippen LogP contribution in [0.2, 0.25) is 0 Å². The first-order chi connectivity index (χ1) is 17.2. The molecular formula is C30H48O6. The van der Waals surface area contributed by atoms with Crippen LogP contribution in [0.1, 0.15) is 97.8 Å². The topological polar surface area (TPSA) is 82.1 Å². The molecule has 0 aromatic rings. The Labute approximate surface area is 217 Å². The van der Waals surface area contributed by atoms with Crippen LogP contribution in [0, 0.1) is 46.3 Å². The lowest BCUT2D eigenvalue weighted by atomic mass is 9.43. The van der Waals surface area contributed by atoms with Gasteiger partial charge in [0.25, 0.3) is 0 Å². The number of Topliss-reactive ketones (excluding diaryl/α,β-unsaturated/α-hetero) is 1. The highest BCUT2D eigenvalue weighted by atomic mass is 16.7. The first-order valence-electron chi connectivity index (χ1n) is 14.7. The van der Waals surface area contributed by atoms with E-state index in [0.29, 0.717) is 48.7 Å². The van der Waals surface area contributed by atoms with Gasteiger partial charge in [0, 0.05) is 31.3 Å². The van der Waals surface area contributed by atoms with Gasteiger partial charge in [0.1, 0.15) is 5.78 Å². The SMILES string of the molecule is COC(=O)CC[C@@H](C)[C@H]1CC[C@H]2[C@@H]3[C@H](O)CC4CC(=O)CC[C@]4(C)[C@H]3C[C@H](OC3CCCCO3)[C@]12C. The summed E-state index contributed by atoms with van der Waals surface area (Å²) in [7, 11) is 1.46. The predicted octanol–water partition coefficient (Wildman–Crippen LogP) is 5.30. The van der Waals surface area contributed by atoms with E-state index in [1.807, 2.05) is 0 Å². The lowest BCUT2D eigenvalue weighted by Gasteiger charge is -2.64. The molecular weight excluding hydrogens is 456 g/mol. The molecule has 0 spiro atoms. The fourth-order valence-electron chi connectivity index (χ4n) is 9.77. The number of aliphatic hydroxyl groups is 1. The number of fused-ring (bicyclic) bond motifs is 5. The molecule has 0 bridgehead atoms. The number of rotatable bonds is 6. The van der Waals surface area contributed by atoms with Crippen molar-refractivity contribution in [3.05, 3.63) is 0 Å². The van der Waals surface area contributed by atoms with E-state index in [9.17, 15) is 14.7 Å². The molecule has 11 atom stereocenters. The average molecular weight is 505 g/mol. The quantitative estimate of drug-likeness (QED) is 0.391. The first kappa shape index (κ1) is 26.6. The van der Waals surface area contributed by atoms with Crippen molar-refractivity contribution in [3.8, 4) is 0 Å². The number of ether oxygens (including phenoxy) is 3. The maximum Gasteiger partial charge on any atom is 0.305 e. The van der Waals surface area contributed by atoms with Gasteiger partial charge < -0.3 is 19.3 Å². The van der Waals surface area contributed by atoms with Crippen molar-refractivity contribution in [3.63, 3.8) is 0 Å². The highest BCUT2D eigenvalue weighted by Crippen LogP contribution is 2.69. The number of hydrogen-bond donors (Lipinski definition) is 1. The number of carbonyl (C=O) groups excluding carboxylic acids is 2. The van der Waals surface area contributed by atoms with E-state index in [2.05, 4.69) is 20.8 Å². The molecule has 0 radical (unpaired) electrons. The summed E-state index contributed by atoms with van der Waals surface area (Å²) in [4.78, 5) is 24.3. The molecule has 5 fully saturated rings. The fraction of sp³-hybridized carbons (Fsp3) is 0.933. The van der Waals surface area contributed by atoms with Crippen LogP contribution in [0.5, 0.6) is 0 Å². The third-order valence-electron chi connectivity index (χ3n) is 11.8. The summed E-state index contributed by atoms with van der Waals surface area (Å²) in [5, 5.41) is 11.6. The van der Waals surface area contributed by atoms with Gasteiger partial charge in [-0.3, -0.25) is 9.59 Å². The molecule has 1 heterocycles. The first-order valence-corrected chi connectivity index (χ1v) is 14.7. The van der Waals surface area contributed by atoms with E-state index in [1.165, 1.54) is 7.11 Å². The van der Waals surface area contributed by atoms with Crippen molar-refractivity contribution in [1.29, 1.82) is 0 Å². The highest BCUT2D eigenvalue weighted by Gasteiger charge is 2.66. The molecule has 4 aliphatic carbocycles. The van der Waals surface area contributed by atoms with Gasteiger partial charge in [-0.1, -0.05) is 20.8 Å². The third-order valence-corrected chi connectivity index (χ3v) is 11.8. The Morgan fingerprint density at radius 2 is 1.97 bits per heavy atom. The van der Waals surface area contributed by atoms with Crippen molar-refractivity contribution in [2.45, 2.75) is 116 Å². The van der Waals surface area contributed by atoms with E-state index in [1.54, 1.807) is 0 Å². The van der Waals surface area contributed by atoms with E-state index in [4.69, 9.17) is 14.2 Å². The molecule has 4 saturated carbocycles. The smallest absolute Gasteiger partial charge is 0.305 e. The van der Waals surface area contributed by atoms with Crippen molar-refractivity contribution in [2.75, 3.05) is 13.7 Å². The van der Waals surface area contributed by atoms with Gasteiger partial charge in [-0.25, -0.2) is 0 Å². The summed E-state index contributed by atoms with van der Waals surface area (Å²) in [6.45, 7) is 7.90. The van der Waals surface area contributed by atoms with Crippen LogP contribution in [-0.4, -0.2) is 49.1 Å². The standard InChI is InChI=1S/C30H48O6/c1-18(8-11-26(33)34-4)21-9-10-22-28-23(29(2)13-12-20(31)15-19(29)16-24(28)32)17-25(30(21,22)3)36-27-7-5-6-14-35-27/h18-19,21-25,27-28,32H,5-17H2,1-4H3/t18-,19?,21-,22+,23+,24-,25+,27?,28+,29+,30-/m1/s1. The summed E-state index contributed by atoms with van der Waals surface area (Å²) in [5.41, 5.74) is 0.0227. The highest BCUT2D eigenvalue weighted by molar-refractivity contribution is 5.79. The Morgan fingerprint density at radius 3 is 2.69 bits per heavy atom. The van der Waals surface area contributed by atoms with Gasteiger partial charge in [0.05, 0.1) is 19.3 Å². The summed E-state index contributed by atoms with van der Waals surface area (Å²) >= 11 is 0. The molecule has 2 unspecified atom stereocenters. The van der Waals surface area contributed by atoms with Gasteiger partial charge in [-0.2, -0.15) is 0 Å². The van der Waals surface area contributed by atoms with E-state index in [0.717, 1.165) is 64.4 Å². The minimum absolute atomic E-state index is 0.0633. The Morgan fingerprint density at radius 1 is 1.17 bits per heavy atom. The summed E-state index contributed by atoms with van der Waals surface area (Å²) < 4.78 is 18.0. The Kier molecular flexibility index (Phi) is 7.61. The van der Waals surface area contributed by atoms with E-state index in [-0.39, 0.29) is 47.1 Å². The summed E-state index contributed by atoms with van der Waals surface area (Å²) in [6, 6.07) is 0. The van der Waals surface area contributed by atoms with Gasteiger partial charge in [0.15, 0.2) is 6.29 Å². The molecule has 6 heteroatoms. The average Bonchev–Trinajstić information content (AvgIpc) is 3.22. The second-order valence-corrected chi connectivity index (χ2v) is 13.3. The van der Waals surface area contributed by atoms with Crippen LogP contribution in [0.3, 0.4) is 0 Å². The van der Waals surface area contributed by atoms with Crippen LogP contribution < -0.4 is 0 Å². The van der Waals surface area contributed by atoms with Crippen LogP contribution in [0.4, 0.5) is 0 Å². The molecule has 0 aromatic carbocycles. The molecule has 5 aliphatic rings. The predicted molar refractivity (Wildman–Crippen MR) is 136 cm³/mol. The largest absolute Gasteiger partial charge is 0.469 e. The molecule has 36 heavy (non-hydrogen) atoms. The van der Waals surface area contributed by atoms with Crippen molar-refractivity contribution in [2.24, 2.45) is 46.3 Å². The molecule has 1 N–H and O–H groups in total. The van der Waals surface area contributed by atoms with Crippen LogP contribution in [0.15, 0.2) is 0 Å². The van der Waals surface area contributed by atoms with Crippen molar-refractivity contribution < 1.29 is 28.9 Å². The van der Waals surface area contributed by atoms with Crippen LogP contribution >= 0.6 is 0 Å². The maximum atomic E-state index is 12.4. The second kappa shape index (κ2) is 10.3. The number of methoxy groups -OCH3 is 1. The zero-order valence-corrected chi connectivity index (χ0v) is 22.9. The Hall–Kier alpha value is -0.980. The summed E-state index contributed by atoms with van der Waals surface area (Å²) in [6.07, 6.45) is 10.2. The van der Waals surface area contributed by atoms with Crippen molar-refractivity contribution in [1.82, 2.24) is 0 Å². The molecule has 0 amide bonds. The molecule has 1 saturated heterocycles. The molecule has 6 nitrogen and oxygen atoms in total. The fourth-order valence-corrected chi connectivity index (χ4v) is 9.77. The summed E-state index contributed by atoms with van der Waals surface area (Å²) in [5.74, 6) is 2.35. The normalized spacial score (nSPS) is 47.4.